The molecule has 15 heavy (non-hydrogen) atoms. The van der Waals surface area contributed by atoms with Crippen molar-refractivity contribution in [2.45, 2.75) is 26.6 Å². The zero-order chi connectivity index (χ0) is 11.6. The molecule has 0 radical (unpaired) electrons. The molecule has 0 aliphatic heterocycles. The molecule has 1 rings (SSSR count). The Bertz CT molecular complexity index is 412. The Hall–Kier alpha value is -1.27. The van der Waals surface area contributed by atoms with Gasteiger partial charge in [-0.3, -0.25) is 0 Å². The third-order valence-electron chi connectivity index (χ3n) is 1.89. The average Bonchev–Trinajstić information content (AvgIpc) is 1.99. The zero-order valence-electron chi connectivity index (χ0n) is 9.61. The number of aryl methyl sites for hydroxylation is 1. The van der Waals surface area contributed by atoms with Crippen LogP contribution in [0, 0.1) is 24.2 Å². The van der Waals surface area contributed by atoms with Crippen molar-refractivity contribution in [1.82, 2.24) is 0 Å². The molecule has 0 aliphatic rings. The van der Waals surface area contributed by atoms with Gasteiger partial charge in [0.25, 0.3) is 0 Å². The number of hydrogen-bond donors (Lipinski definition) is 1. The second kappa shape index (κ2) is 4.07. The van der Waals surface area contributed by atoms with Gasteiger partial charge in [0.2, 0.25) is 0 Å². The summed E-state index contributed by atoms with van der Waals surface area (Å²) in [4.78, 5) is 0. The third kappa shape index (κ3) is 3.41. The maximum Gasteiger partial charge on any atom is 0.129 e. The molecule has 0 spiro atoms. The predicted molar refractivity (Wildman–Crippen MR) is 65.8 cm³/mol. The van der Waals surface area contributed by atoms with E-state index in [9.17, 15) is 4.39 Å². The van der Waals surface area contributed by atoms with E-state index >= 15 is 0 Å². The smallest absolute Gasteiger partial charge is 0.129 e. The lowest BCUT2D eigenvalue weighted by molar-refractivity contribution is 0.627. The third-order valence-corrected chi connectivity index (χ3v) is 2.77. The van der Waals surface area contributed by atoms with Crippen molar-refractivity contribution in [2.24, 2.45) is 0 Å². The SMILES string of the molecule is Cc1cc(F)cc(N)c1C#C[Si](C)(C)C. The number of nitrogens with two attached hydrogens (primary N) is 1. The van der Waals surface area contributed by atoms with Gasteiger partial charge in [0.15, 0.2) is 0 Å². The molecule has 80 valence electrons. The maximum atomic E-state index is 13.0. The van der Waals surface area contributed by atoms with E-state index in [0.717, 1.165) is 11.1 Å². The van der Waals surface area contributed by atoms with E-state index < -0.39 is 8.07 Å². The second-order valence-electron chi connectivity index (χ2n) is 4.69. The molecule has 0 bridgehead atoms. The number of rotatable bonds is 0. The minimum Gasteiger partial charge on any atom is -0.398 e. The van der Waals surface area contributed by atoms with Gasteiger partial charge in [0.1, 0.15) is 13.9 Å². The van der Waals surface area contributed by atoms with Crippen molar-refractivity contribution in [3.63, 3.8) is 0 Å². The summed E-state index contributed by atoms with van der Waals surface area (Å²) in [6.07, 6.45) is 0. The van der Waals surface area contributed by atoms with E-state index in [1.165, 1.54) is 12.1 Å². The van der Waals surface area contributed by atoms with E-state index in [4.69, 9.17) is 5.73 Å². The van der Waals surface area contributed by atoms with Gasteiger partial charge in [-0.1, -0.05) is 25.6 Å². The van der Waals surface area contributed by atoms with Crippen LogP contribution in [0.25, 0.3) is 0 Å². The monoisotopic (exact) mass is 221 g/mol. The van der Waals surface area contributed by atoms with Crippen LogP contribution in [-0.2, 0) is 0 Å². The first-order valence-corrected chi connectivity index (χ1v) is 8.38. The Morgan fingerprint density at radius 1 is 1.27 bits per heavy atom. The fourth-order valence-corrected chi connectivity index (χ4v) is 1.69. The van der Waals surface area contributed by atoms with Crippen LogP contribution in [0.5, 0.6) is 0 Å². The molecule has 3 heteroatoms. The van der Waals surface area contributed by atoms with E-state index in [1.807, 2.05) is 6.92 Å². The number of benzene rings is 1. The molecule has 0 unspecified atom stereocenters. The minimum absolute atomic E-state index is 0.302. The van der Waals surface area contributed by atoms with Crippen LogP contribution in [-0.4, -0.2) is 8.07 Å². The van der Waals surface area contributed by atoms with Crippen LogP contribution in [0.3, 0.4) is 0 Å². The van der Waals surface area contributed by atoms with Crippen LogP contribution in [0.15, 0.2) is 12.1 Å². The summed E-state index contributed by atoms with van der Waals surface area (Å²) in [5.74, 6) is 2.77. The first-order chi connectivity index (χ1) is 6.79. The van der Waals surface area contributed by atoms with Crippen molar-refractivity contribution in [3.05, 3.63) is 29.1 Å². The summed E-state index contributed by atoms with van der Waals surface area (Å²) in [7, 11) is -1.41. The molecule has 0 amide bonds. The molecular weight excluding hydrogens is 205 g/mol. The maximum absolute atomic E-state index is 13.0. The molecule has 0 atom stereocenters. The van der Waals surface area contributed by atoms with Gasteiger partial charge < -0.3 is 5.73 Å². The van der Waals surface area contributed by atoms with Crippen molar-refractivity contribution in [1.29, 1.82) is 0 Å². The Balaban J connectivity index is 3.20. The van der Waals surface area contributed by atoms with Gasteiger partial charge in [0, 0.05) is 5.56 Å². The van der Waals surface area contributed by atoms with E-state index in [2.05, 4.69) is 31.1 Å². The van der Waals surface area contributed by atoms with Crippen LogP contribution in [0.2, 0.25) is 19.6 Å². The lowest BCUT2D eigenvalue weighted by atomic mass is 10.1. The molecule has 0 saturated carbocycles. The first-order valence-electron chi connectivity index (χ1n) is 4.88. The van der Waals surface area contributed by atoms with Gasteiger partial charge in [-0.25, -0.2) is 4.39 Å². The van der Waals surface area contributed by atoms with Gasteiger partial charge in [-0.05, 0) is 24.6 Å². The predicted octanol–water partition coefficient (Wildman–Crippen LogP) is 2.95. The molecule has 2 N–H and O–H groups in total. The lowest BCUT2D eigenvalue weighted by Gasteiger charge is -2.06. The van der Waals surface area contributed by atoms with Crippen LogP contribution < -0.4 is 5.73 Å². The Morgan fingerprint density at radius 3 is 2.33 bits per heavy atom. The van der Waals surface area contributed by atoms with Gasteiger partial charge in [-0.2, -0.15) is 0 Å². The number of halogens is 1. The van der Waals surface area contributed by atoms with Gasteiger partial charge in [-0.15, -0.1) is 5.54 Å². The highest BCUT2D eigenvalue weighted by molar-refractivity contribution is 6.83. The molecule has 1 nitrogen and oxygen atoms in total. The fourth-order valence-electron chi connectivity index (χ4n) is 1.19. The average molecular weight is 221 g/mol. The largest absolute Gasteiger partial charge is 0.398 e. The molecular formula is C12H16FNSi. The molecule has 1 aromatic carbocycles. The number of nitrogen functional groups attached to an aromatic ring is 1. The summed E-state index contributed by atoms with van der Waals surface area (Å²) < 4.78 is 13.0. The van der Waals surface area contributed by atoms with Crippen molar-refractivity contribution < 1.29 is 4.39 Å². The quantitative estimate of drug-likeness (QED) is 0.407. The molecule has 0 aromatic heterocycles. The molecule has 0 heterocycles. The highest BCUT2D eigenvalue weighted by Crippen LogP contribution is 2.17. The molecule has 0 aliphatic carbocycles. The lowest BCUT2D eigenvalue weighted by Crippen LogP contribution is -2.16. The summed E-state index contributed by atoms with van der Waals surface area (Å²) >= 11 is 0. The summed E-state index contributed by atoms with van der Waals surface area (Å²) in [5.41, 5.74) is 10.9. The number of anilines is 1. The highest BCUT2D eigenvalue weighted by Gasteiger charge is 2.09. The Kier molecular flexibility index (Phi) is 3.20. The van der Waals surface area contributed by atoms with Crippen molar-refractivity contribution in [3.8, 4) is 11.5 Å². The van der Waals surface area contributed by atoms with Crippen molar-refractivity contribution in [2.75, 3.05) is 5.73 Å². The summed E-state index contributed by atoms with van der Waals surface area (Å²) in [6, 6.07) is 2.78. The van der Waals surface area contributed by atoms with Crippen LogP contribution >= 0.6 is 0 Å². The van der Waals surface area contributed by atoms with Crippen LogP contribution in [0.4, 0.5) is 10.1 Å². The normalized spacial score (nSPS) is 10.7. The highest BCUT2D eigenvalue weighted by atomic mass is 28.3. The molecule has 0 fully saturated rings. The molecule has 0 saturated heterocycles. The Morgan fingerprint density at radius 2 is 1.87 bits per heavy atom. The van der Waals surface area contributed by atoms with Gasteiger partial charge in [0.05, 0.1) is 5.69 Å². The first kappa shape index (κ1) is 11.8. The fraction of sp³-hybridized carbons (Fsp3) is 0.333. The minimum atomic E-state index is -1.41. The standard InChI is InChI=1S/C12H16FNSi/c1-9-7-10(13)8-12(14)11(9)5-6-15(2,3)4/h7-8H,14H2,1-4H3. The van der Waals surface area contributed by atoms with Gasteiger partial charge >= 0.3 is 0 Å². The second-order valence-corrected chi connectivity index (χ2v) is 9.44. The number of hydrogen-bond acceptors (Lipinski definition) is 1. The van der Waals surface area contributed by atoms with E-state index in [1.54, 1.807) is 0 Å². The Labute approximate surface area is 91.5 Å². The van der Waals surface area contributed by atoms with Crippen molar-refractivity contribution >= 4 is 13.8 Å². The summed E-state index contributed by atoms with van der Waals surface area (Å²) in [6.45, 7) is 8.31. The summed E-state index contributed by atoms with van der Waals surface area (Å²) in [5, 5.41) is 0. The van der Waals surface area contributed by atoms with E-state index in [0.29, 0.717) is 5.69 Å². The van der Waals surface area contributed by atoms with E-state index in [-0.39, 0.29) is 5.82 Å². The topological polar surface area (TPSA) is 26.0 Å². The zero-order valence-corrected chi connectivity index (χ0v) is 10.6. The van der Waals surface area contributed by atoms with Crippen LogP contribution in [0.1, 0.15) is 11.1 Å². The molecule has 1 aromatic rings.